The van der Waals surface area contributed by atoms with Crippen molar-refractivity contribution in [3.05, 3.63) is 23.8 Å². The molecule has 0 spiro atoms. The van der Waals surface area contributed by atoms with E-state index < -0.39 is 0 Å². The Labute approximate surface area is 116 Å². The fraction of sp³-hybridized carbons (Fsp3) is 0.500. The molecule has 1 aromatic rings. The van der Waals surface area contributed by atoms with Gasteiger partial charge in [-0.15, -0.1) is 0 Å². The molecule has 4 heteroatoms. The number of aryl methyl sites for hydroxylation is 1. The Morgan fingerprint density at radius 2 is 2.17 bits per heavy atom. The second-order valence-corrected chi connectivity index (χ2v) is 5.26. The van der Waals surface area contributed by atoms with Gasteiger partial charge in [0.2, 0.25) is 5.91 Å². The Morgan fingerprint density at radius 3 is 3.00 bits per heavy atom. The lowest BCUT2D eigenvalue weighted by Gasteiger charge is -2.10. The summed E-state index contributed by atoms with van der Waals surface area (Å²) in [5.74, 6) is 0.940. The van der Waals surface area contributed by atoms with Crippen molar-refractivity contribution in [2.45, 2.75) is 32.1 Å². The minimum atomic E-state index is 0.102. The van der Waals surface area contributed by atoms with Crippen LogP contribution in [0.4, 0.5) is 5.69 Å². The predicted molar refractivity (Wildman–Crippen MR) is 76.5 cm³/mol. The first-order chi connectivity index (χ1) is 8.79. The summed E-state index contributed by atoms with van der Waals surface area (Å²) in [6.45, 7) is 0.721. The van der Waals surface area contributed by atoms with Gasteiger partial charge in [0.15, 0.2) is 0 Å². The Hall–Kier alpha value is -1.03. The quantitative estimate of drug-likeness (QED) is 0.667. The van der Waals surface area contributed by atoms with Crippen molar-refractivity contribution in [3.63, 3.8) is 0 Å². The number of benzene rings is 1. The van der Waals surface area contributed by atoms with Crippen molar-refractivity contribution in [3.8, 4) is 5.75 Å². The summed E-state index contributed by atoms with van der Waals surface area (Å²) < 4.78 is 5.68. The maximum absolute atomic E-state index is 11.5. The smallest absolute Gasteiger partial charge is 0.224 e. The molecule has 1 aromatic carbocycles. The molecule has 0 aromatic heterocycles. The third-order valence-electron chi connectivity index (χ3n) is 3.00. The molecule has 0 unspecified atom stereocenters. The molecule has 3 nitrogen and oxygen atoms in total. The first kappa shape index (κ1) is 13.4. The van der Waals surface area contributed by atoms with Crippen LogP contribution in [0.15, 0.2) is 18.2 Å². The first-order valence-corrected chi connectivity index (χ1v) is 7.53. The third-order valence-corrected chi connectivity index (χ3v) is 3.56. The average molecular weight is 312 g/mol. The molecule has 0 aliphatic carbocycles. The third kappa shape index (κ3) is 3.73. The zero-order valence-electron chi connectivity index (χ0n) is 10.4. The van der Waals surface area contributed by atoms with E-state index in [2.05, 4.69) is 27.3 Å². The standard InChI is InChI=1S/C14H18BrNO2/c15-8-1-2-9-18-12-7-6-11-4-3-5-14(17)16-13(11)10-12/h6-7,10H,1-5,8-9H2,(H,16,17). The van der Waals surface area contributed by atoms with E-state index in [0.717, 1.165) is 49.1 Å². The molecule has 0 saturated heterocycles. The zero-order chi connectivity index (χ0) is 12.8. The summed E-state index contributed by atoms with van der Waals surface area (Å²) in [7, 11) is 0. The van der Waals surface area contributed by atoms with Gasteiger partial charge in [-0.3, -0.25) is 4.79 Å². The van der Waals surface area contributed by atoms with Crippen LogP contribution in [0.2, 0.25) is 0 Å². The number of nitrogens with one attached hydrogen (secondary N) is 1. The van der Waals surface area contributed by atoms with E-state index in [-0.39, 0.29) is 5.91 Å². The highest BCUT2D eigenvalue weighted by molar-refractivity contribution is 9.09. The average Bonchev–Trinajstić information content (AvgIpc) is 2.55. The Balaban J connectivity index is 1.99. The van der Waals surface area contributed by atoms with Crippen LogP contribution in [-0.4, -0.2) is 17.8 Å². The van der Waals surface area contributed by atoms with E-state index >= 15 is 0 Å². The normalized spacial score (nSPS) is 14.6. The predicted octanol–water partition coefficient (Wildman–Crippen LogP) is 3.52. The highest BCUT2D eigenvalue weighted by Gasteiger charge is 2.13. The van der Waals surface area contributed by atoms with Crippen molar-refractivity contribution in [2.75, 3.05) is 17.3 Å². The highest BCUT2D eigenvalue weighted by atomic mass is 79.9. The Bertz CT molecular complexity index is 420. The summed E-state index contributed by atoms with van der Waals surface area (Å²) in [6.07, 6.45) is 4.63. The second kappa shape index (κ2) is 6.78. The van der Waals surface area contributed by atoms with Crippen LogP contribution >= 0.6 is 15.9 Å². The molecule has 1 aliphatic rings. The van der Waals surface area contributed by atoms with E-state index in [1.165, 1.54) is 5.56 Å². The highest BCUT2D eigenvalue weighted by Crippen LogP contribution is 2.26. The van der Waals surface area contributed by atoms with Crippen molar-refractivity contribution in [2.24, 2.45) is 0 Å². The Morgan fingerprint density at radius 1 is 1.28 bits per heavy atom. The maximum atomic E-state index is 11.5. The van der Waals surface area contributed by atoms with Gasteiger partial charge in [-0.25, -0.2) is 0 Å². The summed E-state index contributed by atoms with van der Waals surface area (Å²) >= 11 is 3.40. The molecule has 0 saturated carbocycles. The SMILES string of the molecule is O=C1CCCc2ccc(OCCCCBr)cc2N1. The van der Waals surface area contributed by atoms with Gasteiger partial charge in [-0.05, 0) is 37.3 Å². The molecule has 1 aliphatic heterocycles. The summed E-state index contributed by atoms with van der Waals surface area (Å²) in [5.41, 5.74) is 2.11. The zero-order valence-corrected chi connectivity index (χ0v) is 12.0. The molecule has 98 valence electrons. The van der Waals surface area contributed by atoms with Crippen molar-refractivity contribution in [1.29, 1.82) is 0 Å². The van der Waals surface area contributed by atoms with E-state index in [9.17, 15) is 4.79 Å². The topological polar surface area (TPSA) is 38.3 Å². The number of amides is 1. The number of halogens is 1. The van der Waals surface area contributed by atoms with Crippen LogP contribution in [0, 0.1) is 0 Å². The number of fused-ring (bicyclic) bond motifs is 1. The van der Waals surface area contributed by atoms with Gasteiger partial charge in [-0.1, -0.05) is 22.0 Å². The lowest BCUT2D eigenvalue weighted by atomic mass is 10.1. The monoisotopic (exact) mass is 311 g/mol. The molecule has 1 heterocycles. The van der Waals surface area contributed by atoms with Gasteiger partial charge < -0.3 is 10.1 Å². The van der Waals surface area contributed by atoms with E-state index in [1.807, 2.05) is 12.1 Å². The number of ether oxygens (including phenoxy) is 1. The Kier molecular flexibility index (Phi) is 5.05. The fourth-order valence-electron chi connectivity index (χ4n) is 2.02. The number of hydrogen-bond acceptors (Lipinski definition) is 2. The minimum absolute atomic E-state index is 0.102. The molecule has 1 amide bonds. The summed E-state index contributed by atoms with van der Waals surface area (Å²) in [6, 6.07) is 5.98. The van der Waals surface area contributed by atoms with Gasteiger partial charge in [0.05, 0.1) is 6.61 Å². The molecular formula is C14H18BrNO2. The number of carbonyl (C=O) groups is 1. The summed E-state index contributed by atoms with van der Waals surface area (Å²) in [4.78, 5) is 11.5. The number of anilines is 1. The molecular weight excluding hydrogens is 294 g/mol. The lowest BCUT2D eigenvalue weighted by molar-refractivity contribution is -0.116. The van der Waals surface area contributed by atoms with E-state index in [1.54, 1.807) is 0 Å². The van der Waals surface area contributed by atoms with Crippen LogP contribution in [-0.2, 0) is 11.2 Å². The fourth-order valence-corrected chi connectivity index (χ4v) is 2.41. The minimum Gasteiger partial charge on any atom is -0.494 e. The van der Waals surface area contributed by atoms with Gasteiger partial charge in [0.25, 0.3) is 0 Å². The van der Waals surface area contributed by atoms with Crippen molar-refractivity contribution in [1.82, 2.24) is 0 Å². The van der Waals surface area contributed by atoms with Gasteiger partial charge >= 0.3 is 0 Å². The van der Waals surface area contributed by atoms with E-state index in [0.29, 0.717) is 6.42 Å². The molecule has 2 rings (SSSR count). The van der Waals surface area contributed by atoms with Crippen LogP contribution < -0.4 is 10.1 Å². The molecule has 1 N–H and O–H groups in total. The first-order valence-electron chi connectivity index (χ1n) is 6.41. The van der Waals surface area contributed by atoms with Crippen LogP contribution in [0.3, 0.4) is 0 Å². The largest absolute Gasteiger partial charge is 0.494 e. The molecule has 18 heavy (non-hydrogen) atoms. The molecule has 0 atom stereocenters. The van der Waals surface area contributed by atoms with Gasteiger partial charge in [-0.2, -0.15) is 0 Å². The van der Waals surface area contributed by atoms with Gasteiger partial charge in [0, 0.05) is 23.5 Å². The van der Waals surface area contributed by atoms with Crippen LogP contribution in [0.1, 0.15) is 31.2 Å². The number of carbonyl (C=O) groups excluding carboxylic acids is 1. The molecule has 0 bridgehead atoms. The second-order valence-electron chi connectivity index (χ2n) is 4.47. The number of unbranched alkanes of at least 4 members (excludes halogenated alkanes) is 1. The van der Waals surface area contributed by atoms with Crippen molar-refractivity contribution < 1.29 is 9.53 Å². The number of hydrogen-bond donors (Lipinski definition) is 1. The lowest BCUT2D eigenvalue weighted by Crippen LogP contribution is -2.09. The van der Waals surface area contributed by atoms with E-state index in [4.69, 9.17) is 4.74 Å². The maximum Gasteiger partial charge on any atom is 0.224 e. The van der Waals surface area contributed by atoms with Crippen molar-refractivity contribution >= 4 is 27.5 Å². The van der Waals surface area contributed by atoms with Gasteiger partial charge in [0.1, 0.15) is 5.75 Å². The number of alkyl halides is 1. The molecule has 0 radical (unpaired) electrons. The summed E-state index contributed by atoms with van der Waals surface area (Å²) in [5, 5.41) is 3.95. The number of rotatable bonds is 5. The van der Waals surface area contributed by atoms with Crippen LogP contribution in [0.5, 0.6) is 5.75 Å². The van der Waals surface area contributed by atoms with Crippen LogP contribution in [0.25, 0.3) is 0 Å². The molecule has 0 fully saturated rings.